The molecule has 1 aromatic carbocycles. The zero-order chi connectivity index (χ0) is 15.2. The summed E-state index contributed by atoms with van der Waals surface area (Å²) in [5.41, 5.74) is 2.07. The lowest BCUT2D eigenvalue weighted by molar-refractivity contribution is 0.0337. The van der Waals surface area contributed by atoms with Gasteiger partial charge < -0.3 is 19.3 Å². The highest BCUT2D eigenvalue weighted by Crippen LogP contribution is 2.05. The van der Waals surface area contributed by atoms with Gasteiger partial charge in [0, 0.05) is 32.3 Å². The third-order valence-electron chi connectivity index (χ3n) is 2.70. The zero-order valence-electron chi connectivity index (χ0n) is 12.6. The largest absolute Gasteiger partial charge is 0.395 e. The van der Waals surface area contributed by atoms with Gasteiger partial charge in [-0.15, -0.1) is 0 Å². The maximum Gasteiger partial charge on any atom is 0.0718 e. The summed E-state index contributed by atoms with van der Waals surface area (Å²) in [6.07, 6.45) is 1.42. The van der Waals surface area contributed by atoms with Gasteiger partial charge in [-0.1, -0.05) is 24.0 Å². The minimum absolute atomic E-state index is 0.104. The van der Waals surface area contributed by atoms with Crippen LogP contribution in [0.5, 0.6) is 0 Å². The Kier molecular flexibility index (Phi) is 10.4. The maximum absolute atomic E-state index is 8.65. The van der Waals surface area contributed by atoms with Crippen molar-refractivity contribution in [3.8, 4) is 11.8 Å². The Morgan fingerprint density at radius 3 is 2.48 bits per heavy atom. The van der Waals surface area contributed by atoms with Crippen molar-refractivity contribution in [1.82, 2.24) is 0 Å². The third kappa shape index (κ3) is 9.22. The van der Waals surface area contributed by atoms with Crippen LogP contribution in [0, 0.1) is 11.8 Å². The van der Waals surface area contributed by atoms with Crippen molar-refractivity contribution < 1.29 is 19.3 Å². The molecule has 4 heteroatoms. The molecule has 0 amide bonds. The van der Waals surface area contributed by atoms with Gasteiger partial charge in [0.2, 0.25) is 0 Å². The summed E-state index contributed by atoms with van der Waals surface area (Å²) in [6, 6.07) is 7.93. The van der Waals surface area contributed by atoms with Crippen molar-refractivity contribution in [1.29, 1.82) is 0 Å². The number of hydrogen-bond donors (Lipinski definition) is 1. The van der Waals surface area contributed by atoms with E-state index < -0.39 is 0 Å². The van der Waals surface area contributed by atoms with E-state index in [0.29, 0.717) is 32.8 Å². The van der Waals surface area contributed by atoms with E-state index >= 15 is 0 Å². The molecule has 0 radical (unpaired) electrons. The van der Waals surface area contributed by atoms with Crippen molar-refractivity contribution in [3.05, 3.63) is 35.4 Å². The molecule has 0 fully saturated rings. The van der Waals surface area contributed by atoms with E-state index in [4.69, 9.17) is 19.3 Å². The molecule has 0 aliphatic heterocycles. The SMILES string of the molecule is COCCCOCCOCc1ccc(C#CCCO)cc1. The molecule has 1 N–H and O–H groups in total. The van der Waals surface area contributed by atoms with Crippen LogP contribution in [0.25, 0.3) is 0 Å². The molecular weight excluding hydrogens is 268 g/mol. The molecule has 0 aromatic heterocycles. The number of methoxy groups -OCH3 is 1. The number of aliphatic hydroxyl groups is 1. The van der Waals surface area contributed by atoms with Crippen LogP contribution in [0.2, 0.25) is 0 Å². The molecule has 0 heterocycles. The highest BCUT2D eigenvalue weighted by molar-refractivity contribution is 5.35. The first-order valence-electron chi connectivity index (χ1n) is 7.20. The second kappa shape index (κ2) is 12.4. The lowest BCUT2D eigenvalue weighted by Crippen LogP contribution is -2.06. The lowest BCUT2D eigenvalue weighted by atomic mass is 10.1. The van der Waals surface area contributed by atoms with E-state index in [1.807, 2.05) is 24.3 Å². The molecule has 1 rings (SSSR count). The quantitative estimate of drug-likeness (QED) is 0.529. The summed E-state index contributed by atoms with van der Waals surface area (Å²) >= 11 is 0. The number of benzene rings is 1. The van der Waals surface area contributed by atoms with E-state index in [-0.39, 0.29) is 6.61 Å². The van der Waals surface area contributed by atoms with Crippen molar-refractivity contribution in [3.63, 3.8) is 0 Å². The van der Waals surface area contributed by atoms with Crippen molar-refractivity contribution in [2.75, 3.05) is 40.1 Å². The van der Waals surface area contributed by atoms with Crippen LogP contribution < -0.4 is 0 Å². The van der Waals surface area contributed by atoms with E-state index in [1.54, 1.807) is 7.11 Å². The molecule has 0 spiro atoms. The van der Waals surface area contributed by atoms with Gasteiger partial charge in [-0.05, 0) is 24.1 Å². The lowest BCUT2D eigenvalue weighted by Gasteiger charge is -2.06. The second-order valence-corrected chi connectivity index (χ2v) is 4.48. The predicted molar refractivity (Wildman–Crippen MR) is 82.0 cm³/mol. The van der Waals surface area contributed by atoms with Gasteiger partial charge in [0.1, 0.15) is 0 Å². The normalized spacial score (nSPS) is 10.2. The molecule has 0 unspecified atom stereocenters. The summed E-state index contributed by atoms with van der Waals surface area (Å²) in [6.45, 7) is 3.31. The maximum atomic E-state index is 8.65. The minimum atomic E-state index is 0.104. The van der Waals surface area contributed by atoms with Crippen LogP contribution in [0.3, 0.4) is 0 Å². The molecule has 0 saturated carbocycles. The van der Waals surface area contributed by atoms with Crippen LogP contribution in [0.15, 0.2) is 24.3 Å². The third-order valence-corrected chi connectivity index (χ3v) is 2.70. The van der Waals surface area contributed by atoms with Crippen LogP contribution in [0.4, 0.5) is 0 Å². The average Bonchev–Trinajstić information content (AvgIpc) is 2.52. The van der Waals surface area contributed by atoms with Crippen molar-refractivity contribution in [2.45, 2.75) is 19.4 Å². The molecular formula is C17H24O4. The highest BCUT2D eigenvalue weighted by Gasteiger charge is 1.94. The van der Waals surface area contributed by atoms with Crippen LogP contribution in [0.1, 0.15) is 24.0 Å². The van der Waals surface area contributed by atoms with Crippen LogP contribution in [-0.2, 0) is 20.8 Å². The predicted octanol–water partition coefficient (Wildman–Crippen LogP) is 1.99. The summed E-state index contributed by atoms with van der Waals surface area (Å²) in [7, 11) is 1.69. The number of rotatable bonds is 10. The van der Waals surface area contributed by atoms with Gasteiger partial charge in [0.05, 0.1) is 26.4 Å². The van der Waals surface area contributed by atoms with Crippen LogP contribution >= 0.6 is 0 Å². The van der Waals surface area contributed by atoms with E-state index in [9.17, 15) is 0 Å². The Morgan fingerprint density at radius 2 is 1.76 bits per heavy atom. The number of hydrogen-bond acceptors (Lipinski definition) is 4. The molecule has 0 aliphatic carbocycles. The van der Waals surface area contributed by atoms with Crippen molar-refractivity contribution >= 4 is 0 Å². The summed E-state index contributed by atoms with van der Waals surface area (Å²) in [5.74, 6) is 5.89. The Balaban J connectivity index is 2.11. The molecule has 0 bridgehead atoms. The molecule has 1 aromatic rings. The highest BCUT2D eigenvalue weighted by atomic mass is 16.5. The monoisotopic (exact) mass is 292 g/mol. The summed E-state index contributed by atoms with van der Waals surface area (Å²) < 4.78 is 15.9. The topological polar surface area (TPSA) is 47.9 Å². The average molecular weight is 292 g/mol. The summed E-state index contributed by atoms with van der Waals surface area (Å²) in [5, 5.41) is 8.65. The molecule has 0 atom stereocenters. The summed E-state index contributed by atoms with van der Waals surface area (Å²) in [4.78, 5) is 0. The zero-order valence-corrected chi connectivity index (χ0v) is 12.6. The van der Waals surface area contributed by atoms with E-state index in [2.05, 4.69) is 11.8 Å². The first-order chi connectivity index (χ1) is 10.4. The Labute approximate surface area is 127 Å². The molecule has 21 heavy (non-hydrogen) atoms. The number of aliphatic hydroxyl groups excluding tert-OH is 1. The van der Waals surface area contributed by atoms with Gasteiger partial charge in [-0.2, -0.15) is 0 Å². The van der Waals surface area contributed by atoms with Gasteiger partial charge in [-0.3, -0.25) is 0 Å². The fraction of sp³-hybridized carbons (Fsp3) is 0.529. The fourth-order valence-corrected chi connectivity index (χ4v) is 1.62. The van der Waals surface area contributed by atoms with Gasteiger partial charge >= 0.3 is 0 Å². The molecule has 0 aliphatic rings. The minimum Gasteiger partial charge on any atom is -0.395 e. The fourth-order valence-electron chi connectivity index (χ4n) is 1.62. The van der Waals surface area contributed by atoms with Crippen LogP contribution in [-0.4, -0.2) is 45.3 Å². The first kappa shape index (κ1) is 17.7. The number of ether oxygens (including phenoxy) is 3. The second-order valence-electron chi connectivity index (χ2n) is 4.48. The van der Waals surface area contributed by atoms with E-state index in [0.717, 1.165) is 24.2 Å². The van der Waals surface area contributed by atoms with Gasteiger partial charge in [-0.25, -0.2) is 0 Å². The smallest absolute Gasteiger partial charge is 0.0718 e. The Hall–Kier alpha value is -1.38. The first-order valence-corrected chi connectivity index (χ1v) is 7.20. The van der Waals surface area contributed by atoms with Gasteiger partial charge in [0.25, 0.3) is 0 Å². The Bertz CT molecular complexity index is 417. The standard InChI is InChI=1S/C17H24O4/c1-19-11-4-12-20-13-14-21-15-17-8-6-16(7-9-17)5-2-3-10-18/h6-9,18H,3-4,10-15H2,1H3. The molecule has 4 nitrogen and oxygen atoms in total. The van der Waals surface area contributed by atoms with Crippen molar-refractivity contribution in [2.24, 2.45) is 0 Å². The molecule has 0 saturated heterocycles. The molecule has 116 valence electrons. The van der Waals surface area contributed by atoms with E-state index in [1.165, 1.54) is 0 Å². The van der Waals surface area contributed by atoms with Gasteiger partial charge in [0.15, 0.2) is 0 Å². The Morgan fingerprint density at radius 1 is 1.00 bits per heavy atom.